The number of halogens is 1. The summed E-state index contributed by atoms with van der Waals surface area (Å²) >= 11 is 0. The fourth-order valence-electron chi connectivity index (χ4n) is 2.27. The van der Waals surface area contributed by atoms with Crippen molar-refractivity contribution < 1.29 is 18.7 Å². The fraction of sp³-hybridized carbons (Fsp3) is 0.0526. The molecule has 27 heavy (non-hydrogen) atoms. The molecule has 2 aromatic carbocycles. The van der Waals surface area contributed by atoms with Crippen LogP contribution in [-0.2, 0) is 4.74 Å². The Kier molecular flexibility index (Phi) is 5.36. The lowest BCUT2D eigenvalue weighted by Gasteiger charge is -2.10. The van der Waals surface area contributed by atoms with Crippen LogP contribution >= 0.6 is 0 Å². The third-order valence-electron chi connectivity index (χ3n) is 3.61. The largest absolute Gasteiger partial charge is 0.465 e. The van der Waals surface area contributed by atoms with Crippen molar-refractivity contribution in [2.45, 2.75) is 0 Å². The Morgan fingerprint density at radius 3 is 2.26 bits per heavy atom. The Bertz CT molecular complexity index is 959. The summed E-state index contributed by atoms with van der Waals surface area (Å²) in [5.74, 6) is -0.716. The maximum atomic E-state index is 12.9. The Morgan fingerprint density at radius 2 is 1.59 bits per heavy atom. The maximum Gasteiger partial charge on any atom is 0.339 e. The van der Waals surface area contributed by atoms with Gasteiger partial charge in [0.15, 0.2) is 11.6 Å². The van der Waals surface area contributed by atoms with Gasteiger partial charge in [-0.3, -0.25) is 4.79 Å². The molecule has 8 heteroatoms. The van der Waals surface area contributed by atoms with Gasteiger partial charge < -0.3 is 15.4 Å². The van der Waals surface area contributed by atoms with Gasteiger partial charge >= 0.3 is 5.97 Å². The minimum absolute atomic E-state index is 0.233. The maximum absolute atomic E-state index is 12.9. The van der Waals surface area contributed by atoms with E-state index in [0.29, 0.717) is 22.6 Å². The Balaban J connectivity index is 1.70. The zero-order valence-corrected chi connectivity index (χ0v) is 14.3. The van der Waals surface area contributed by atoms with Crippen LogP contribution in [0.5, 0.6) is 0 Å². The first-order valence-corrected chi connectivity index (χ1v) is 7.92. The summed E-state index contributed by atoms with van der Waals surface area (Å²) in [5.41, 5.74) is 1.17. The first-order valence-electron chi connectivity index (χ1n) is 7.92. The lowest BCUT2D eigenvalue weighted by molar-refractivity contribution is 0.0601. The predicted octanol–water partition coefficient (Wildman–Crippen LogP) is 3.40. The average Bonchev–Trinajstić information content (AvgIpc) is 2.70. The monoisotopic (exact) mass is 366 g/mol. The SMILES string of the molecule is COC(=O)c1ccccc1Nc1ccc(NC(=O)c2ccc(F)cc2)nn1. The number of nitrogens with zero attached hydrogens (tertiary/aromatic N) is 2. The van der Waals surface area contributed by atoms with E-state index in [1.807, 2.05) is 0 Å². The van der Waals surface area contributed by atoms with Gasteiger partial charge in [0.05, 0.1) is 18.4 Å². The predicted molar refractivity (Wildman–Crippen MR) is 97.4 cm³/mol. The highest BCUT2D eigenvalue weighted by atomic mass is 19.1. The minimum Gasteiger partial charge on any atom is -0.465 e. The molecule has 0 bridgehead atoms. The molecule has 2 N–H and O–H groups in total. The molecule has 136 valence electrons. The topological polar surface area (TPSA) is 93.2 Å². The summed E-state index contributed by atoms with van der Waals surface area (Å²) in [4.78, 5) is 23.9. The van der Waals surface area contributed by atoms with Crippen LogP contribution in [0.25, 0.3) is 0 Å². The van der Waals surface area contributed by atoms with Gasteiger partial charge in [0.2, 0.25) is 0 Å². The standard InChI is InChI=1S/C19H15FN4O3/c1-27-19(26)14-4-2-3-5-15(14)21-16-10-11-17(24-23-16)22-18(25)12-6-8-13(20)9-7-12/h2-11H,1H3,(H,21,23)(H,22,24,25). The molecule has 0 aliphatic carbocycles. The van der Waals surface area contributed by atoms with E-state index >= 15 is 0 Å². The van der Waals surface area contributed by atoms with Gasteiger partial charge in [0.1, 0.15) is 5.82 Å². The van der Waals surface area contributed by atoms with Crippen LogP contribution in [0.1, 0.15) is 20.7 Å². The van der Waals surface area contributed by atoms with E-state index in [-0.39, 0.29) is 5.82 Å². The molecule has 1 aromatic heterocycles. The van der Waals surface area contributed by atoms with E-state index < -0.39 is 17.7 Å². The molecule has 0 unspecified atom stereocenters. The van der Waals surface area contributed by atoms with Gasteiger partial charge in [-0.25, -0.2) is 9.18 Å². The van der Waals surface area contributed by atoms with E-state index in [1.165, 1.54) is 31.4 Å². The molecule has 0 aliphatic rings. The summed E-state index contributed by atoms with van der Waals surface area (Å²) in [7, 11) is 1.30. The van der Waals surface area contributed by atoms with Crippen molar-refractivity contribution >= 4 is 29.2 Å². The number of para-hydroxylation sites is 1. The number of methoxy groups -OCH3 is 1. The van der Waals surface area contributed by atoms with Gasteiger partial charge in [-0.05, 0) is 48.5 Å². The second-order valence-corrected chi connectivity index (χ2v) is 5.43. The summed E-state index contributed by atoms with van der Waals surface area (Å²) in [6.07, 6.45) is 0. The number of aromatic nitrogens is 2. The van der Waals surface area contributed by atoms with Crippen molar-refractivity contribution in [1.82, 2.24) is 10.2 Å². The van der Waals surface area contributed by atoms with Gasteiger partial charge in [-0.2, -0.15) is 0 Å². The van der Waals surface area contributed by atoms with Crippen LogP contribution in [0, 0.1) is 5.82 Å². The highest BCUT2D eigenvalue weighted by Crippen LogP contribution is 2.20. The molecule has 3 rings (SSSR count). The molecule has 0 saturated heterocycles. The highest BCUT2D eigenvalue weighted by molar-refractivity contribution is 6.03. The molecule has 0 radical (unpaired) electrons. The molecule has 0 saturated carbocycles. The first kappa shape index (κ1) is 18.0. The molecule has 0 fully saturated rings. The molecule has 0 aliphatic heterocycles. The molecule has 1 amide bonds. The smallest absolute Gasteiger partial charge is 0.339 e. The number of hydrogen-bond acceptors (Lipinski definition) is 6. The zero-order chi connectivity index (χ0) is 19.2. The fourth-order valence-corrected chi connectivity index (χ4v) is 2.27. The number of hydrogen-bond donors (Lipinski definition) is 2. The molecule has 3 aromatic rings. The molecule has 0 atom stereocenters. The van der Waals surface area contributed by atoms with E-state index in [2.05, 4.69) is 20.8 Å². The summed E-state index contributed by atoms with van der Waals surface area (Å²) in [6.45, 7) is 0. The van der Waals surface area contributed by atoms with Gasteiger partial charge in [-0.1, -0.05) is 12.1 Å². The summed E-state index contributed by atoms with van der Waals surface area (Å²) < 4.78 is 17.7. The lowest BCUT2D eigenvalue weighted by atomic mass is 10.2. The van der Waals surface area contributed by atoms with Gasteiger partial charge in [-0.15, -0.1) is 10.2 Å². The van der Waals surface area contributed by atoms with Crippen LogP contribution in [0.3, 0.4) is 0 Å². The number of amides is 1. The second kappa shape index (κ2) is 8.05. The Hall–Kier alpha value is -3.81. The summed E-state index contributed by atoms with van der Waals surface area (Å²) in [5, 5.41) is 13.4. The molecule has 0 spiro atoms. The Labute approximate surface area is 154 Å². The van der Waals surface area contributed by atoms with Crippen molar-refractivity contribution in [3.63, 3.8) is 0 Å². The van der Waals surface area contributed by atoms with Crippen LogP contribution < -0.4 is 10.6 Å². The van der Waals surface area contributed by atoms with Crippen molar-refractivity contribution in [2.24, 2.45) is 0 Å². The number of carbonyl (C=O) groups excluding carboxylic acids is 2. The number of nitrogens with one attached hydrogen (secondary N) is 2. The van der Waals surface area contributed by atoms with Crippen LogP contribution in [0.4, 0.5) is 21.7 Å². The average molecular weight is 366 g/mol. The van der Waals surface area contributed by atoms with Crippen molar-refractivity contribution in [3.05, 3.63) is 77.6 Å². The second-order valence-electron chi connectivity index (χ2n) is 5.43. The molecular weight excluding hydrogens is 351 g/mol. The van der Waals surface area contributed by atoms with Crippen molar-refractivity contribution in [1.29, 1.82) is 0 Å². The van der Waals surface area contributed by atoms with Crippen LogP contribution in [0.15, 0.2) is 60.7 Å². The summed E-state index contributed by atoms with van der Waals surface area (Å²) in [6, 6.07) is 15.1. The third kappa shape index (κ3) is 4.43. The van der Waals surface area contributed by atoms with E-state index in [1.54, 1.807) is 36.4 Å². The molecular formula is C19H15FN4O3. The third-order valence-corrected chi connectivity index (χ3v) is 3.61. The van der Waals surface area contributed by atoms with E-state index in [9.17, 15) is 14.0 Å². The highest BCUT2D eigenvalue weighted by Gasteiger charge is 2.12. The normalized spacial score (nSPS) is 10.1. The number of ether oxygens (including phenoxy) is 1. The number of benzene rings is 2. The van der Waals surface area contributed by atoms with Gasteiger partial charge in [0, 0.05) is 5.56 Å². The van der Waals surface area contributed by atoms with Crippen LogP contribution in [-0.4, -0.2) is 29.2 Å². The number of rotatable bonds is 5. The minimum atomic E-state index is -0.478. The van der Waals surface area contributed by atoms with E-state index in [4.69, 9.17) is 4.74 Å². The first-order chi connectivity index (χ1) is 13.1. The number of anilines is 3. The quantitative estimate of drug-likeness (QED) is 0.672. The lowest BCUT2D eigenvalue weighted by Crippen LogP contribution is -2.13. The van der Waals surface area contributed by atoms with Gasteiger partial charge in [0.25, 0.3) is 5.91 Å². The van der Waals surface area contributed by atoms with Crippen LogP contribution in [0.2, 0.25) is 0 Å². The number of carbonyl (C=O) groups is 2. The Morgan fingerprint density at radius 1 is 0.926 bits per heavy atom. The van der Waals surface area contributed by atoms with E-state index in [0.717, 1.165) is 0 Å². The molecule has 1 heterocycles. The van der Waals surface area contributed by atoms with Crippen molar-refractivity contribution in [2.75, 3.05) is 17.7 Å². The molecule has 7 nitrogen and oxygen atoms in total. The zero-order valence-electron chi connectivity index (χ0n) is 14.3. The van der Waals surface area contributed by atoms with Crippen molar-refractivity contribution in [3.8, 4) is 0 Å². The number of esters is 1.